The maximum Gasteiger partial charge on any atom is 0.327 e. The van der Waals surface area contributed by atoms with Gasteiger partial charge in [-0.05, 0) is 40.7 Å². The summed E-state index contributed by atoms with van der Waals surface area (Å²) in [5.74, 6) is -0.743. The fourth-order valence-electron chi connectivity index (χ4n) is 1.10. The first-order chi connectivity index (χ1) is 6.94. The van der Waals surface area contributed by atoms with Gasteiger partial charge in [0.05, 0.1) is 0 Å². The molecule has 2 N–H and O–H groups in total. The van der Waals surface area contributed by atoms with Crippen LogP contribution in [0.3, 0.4) is 0 Å². The maximum atomic E-state index is 11.9. The number of carbonyl (C=O) groups is 1. The van der Waals surface area contributed by atoms with E-state index in [2.05, 4.69) is 0 Å². The van der Waals surface area contributed by atoms with Gasteiger partial charge in [-0.3, -0.25) is 4.79 Å². The van der Waals surface area contributed by atoms with Gasteiger partial charge in [0.1, 0.15) is 5.60 Å². The lowest BCUT2D eigenvalue weighted by molar-refractivity contribution is -0.157. The normalized spacial score (nSPS) is 16.6. The molecule has 96 valence electrons. The molecule has 5 nitrogen and oxygen atoms in total. The molecular weight excluding hydrogens is 230 g/mol. The fraction of sp³-hybridized carbons (Fsp3) is 0.900. The smallest absolute Gasteiger partial charge is 0.327 e. The van der Waals surface area contributed by atoms with Gasteiger partial charge in [-0.25, -0.2) is 8.42 Å². The molecule has 16 heavy (non-hydrogen) atoms. The number of hydrogen-bond donors (Lipinski definition) is 1. The van der Waals surface area contributed by atoms with Crippen LogP contribution < -0.4 is 5.73 Å². The lowest BCUT2D eigenvalue weighted by Gasteiger charge is -2.29. The molecule has 0 aromatic carbocycles. The Balaban J connectivity index is 5.16. The molecule has 0 fully saturated rings. The molecule has 0 saturated heterocycles. The summed E-state index contributed by atoms with van der Waals surface area (Å²) in [7, 11) is -3.55. The number of ether oxygens (including phenoxy) is 1. The van der Waals surface area contributed by atoms with Crippen molar-refractivity contribution in [2.75, 3.05) is 12.8 Å². The molecule has 0 amide bonds. The Labute approximate surface area is 97.3 Å². The summed E-state index contributed by atoms with van der Waals surface area (Å²) in [5, 5.41) is 0. The van der Waals surface area contributed by atoms with Crippen molar-refractivity contribution in [3.63, 3.8) is 0 Å². The van der Waals surface area contributed by atoms with Crippen molar-refractivity contribution in [1.82, 2.24) is 0 Å². The van der Waals surface area contributed by atoms with Crippen LogP contribution in [0.2, 0.25) is 0 Å². The number of sulfone groups is 1. The Morgan fingerprint density at radius 1 is 1.25 bits per heavy atom. The van der Waals surface area contributed by atoms with Crippen LogP contribution in [-0.4, -0.2) is 37.5 Å². The molecule has 0 spiro atoms. The maximum absolute atomic E-state index is 11.9. The topological polar surface area (TPSA) is 86.5 Å². The quantitative estimate of drug-likeness (QED) is 0.734. The first-order valence-corrected chi connectivity index (χ1v) is 6.96. The summed E-state index contributed by atoms with van der Waals surface area (Å²) >= 11 is 0. The van der Waals surface area contributed by atoms with Gasteiger partial charge in [-0.15, -0.1) is 0 Å². The van der Waals surface area contributed by atoms with E-state index in [1.807, 2.05) is 0 Å². The number of rotatable bonds is 4. The standard InChI is InChI=1S/C10H21NO4S/c1-9(2,3)15-8(12)10(4,6-7-11)16(5,13)14/h6-7,11H2,1-5H3. The largest absolute Gasteiger partial charge is 0.459 e. The second-order valence-electron chi connectivity index (χ2n) is 5.04. The molecule has 1 unspecified atom stereocenters. The summed E-state index contributed by atoms with van der Waals surface area (Å²) in [5.41, 5.74) is 4.63. The summed E-state index contributed by atoms with van der Waals surface area (Å²) in [4.78, 5) is 11.9. The molecule has 0 aromatic rings. The van der Waals surface area contributed by atoms with E-state index in [1.165, 1.54) is 6.92 Å². The van der Waals surface area contributed by atoms with Crippen molar-refractivity contribution in [3.05, 3.63) is 0 Å². The average Bonchev–Trinajstić information content (AvgIpc) is 1.98. The van der Waals surface area contributed by atoms with Crippen LogP contribution in [0.25, 0.3) is 0 Å². The van der Waals surface area contributed by atoms with Gasteiger partial charge in [0.25, 0.3) is 0 Å². The lowest BCUT2D eigenvalue weighted by atomic mass is 10.1. The van der Waals surface area contributed by atoms with E-state index in [-0.39, 0.29) is 13.0 Å². The molecule has 0 heterocycles. The minimum Gasteiger partial charge on any atom is -0.459 e. The molecule has 0 rings (SSSR count). The molecule has 0 aromatic heterocycles. The highest BCUT2D eigenvalue weighted by atomic mass is 32.2. The van der Waals surface area contributed by atoms with Gasteiger partial charge >= 0.3 is 5.97 Å². The van der Waals surface area contributed by atoms with Crippen molar-refractivity contribution in [2.45, 2.75) is 44.5 Å². The van der Waals surface area contributed by atoms with Crippen LogP contribution >= 0.6 is 0 Å². The number of carbonyl (C=O) groups excluding carboxylic acids is 1. The fourth-order valence-corrected chi connectivity index (χ4v) is 1.93. The van der Waals surface area contributed by atoms with Crippen LogP contribution in [0.1, 0.15) is 34.1 Å². The van der Waals surface area contributed by atoms with Crippen LogP contribution in [0.15, 0.2) is 0 Å². The molecular formula is C10H21NO4S. The van der Waals surface area contributed by atoms with Crippen molar-refractivity contribution in [1.29, 1.82) is 0 Å². The number of nitrogens with two attached hydrogens (primary N) is 1. The second kappa shape index (κ2) is 4.71. The van der Waals surface area contributed by atoms with E-state index in [9.17, 15) is 13.2 Å². The average molecular weight is 251 g/mol. The molecule has 1 atom stereocenters. The van der Waals surface area contributed by atoms with Gasteiger partial charge in [0.15, 0.2) is 14.6 Å². The van der Waals surface area contributed by atoms with Crippen LogP contribution in [0.4, 0.5) is 0 Å². The molecule has 0 saturated carbocycles. The highest BCUT2D eigenvalue weighted by Gasteiger charge is 2.45. The van der Waals surface area contributed by atoms with E-state index in [1.54, 1.807) is 20.8 Å². The highest BCUT2D eigenvalue weighted by molar-refractivity contribution is 7.92. The third-order valence-electron chi connectivity index (χ3n) is 2.27. The van der Waals surface area contributed by atoms with Crippen molar-refractivity contribution < 1.29 is 17.9 Å². The Bertz CT molecular complexity index is 356. The molecule has 6 heteroatoms. The molecule has 0 aliphatic heterocycles. The van der Waals surface area contributed by atoms with E-state index >= 15 is 0 Å². The van der Waals surface area contributed by atoms with Crippen LogP contribution in [0.5, 0.6) is 0 Å². The first-order valence-electron chi connectivity index (χ1n) is 5.07. The lowest BCUT2D eigenvalue weighted by Crippen LogP contribution is -2.48. The predicted molar refractivity (Wildman–Crippen MR) is 62.8 cm³/mol. The second-order valence-corrected chi connectivity index (χ2v) is 7.49. The summed E-state index contributed by atoms with van der Waals surface area (Å²) in [6.07, 6.45) is 1.08. The third-order valence-corrected chi connectivity index (χ3v) is 4.28. The van der Waals surface area contributed by atoms with Crippen LogP contribution in [-0.2, 0) is 19.4 Å². The summed E-state index contributed by atoms with van der Waals surface area (Å²) in [6, 6.07) is 0. The van der Waals surface area contributed by atoms with E-state index in [0.29, 0.717) is 0 Å². The zero-order valence-electron chi connectivity index (χ0n) is 10.5. The molecule has 0 aliphatic rings. The Hall–Kier alpha value is -0.620. The van der Waals surface area contributed by atoms with E-state index in [0.717, 1.165) is 6.26 Å². The Kier molecular flexibility index (Phi) is 4.53. The predicted octanol–water partition coefficient (Wildman–Crippen LogP) is 0.480. The van der Waals surface area contributed by atoms with Crippen LogP contribution in [0, 0.1) is 0 Å². The minimum atomic E-state index is -3.55. The highest BCUT2D eigenvalue weighted by Crippen LogP contribution is 2.24. The monoisotopic (exact) mass is 251 g/mol. The first kappa shape index (κ1) is 15.4. The van der Waals surface area contributed by atoms with Crippen molar-refractivity contribution >= 4 is 15.8 Å². The zero-order valence-corrected chi connectivity index (χ0v) is 11.3. The third kappa shape index (κ3) is 3.75. The molecule has 0 radical (unpaired) electrons. The summed E-state index contributed by atoms with van der Waals surface area (Å²) < 4.78 is 26.8. The van der Waals surface area contributed by atoms with Gasteiger partial charge in [0, 0.05) is 6.26 Å². The van der Waals surface area contributed by atoms with E-state index < -0.39 is 26.2 Å². The minimum absolute atomic E-state index is 0.0563. The van der Waals surface area contributed by atoms with Gasteiger partial charge in [-0.1, -0.05) is 0 Å². The van der Waals surface area contributed by atoms with Gasteiger partial charge in [-0.2, -0.15) is 0 Å². The van der Waals surface area contributed by atoms with Gasteiger partial charge in [0.2, 0.25) is 0 Å². The Morgan fingerprint density at radius 2 is 1.69 bits per heavy atom. The number of esters is 1. The zero-order chi connectivity index (χ0) is 13.2. The van der Waals surface area contributed by atoms with Crippen molar-refractivity contribution in [2.24, 2.45) is 5.73 Å². The van der Waals surface area contributed by atoms with Gasteiger partial charge < -0.3 is 10.5 Å². The van der Waals surface area contributed by atoms with E-state index in [4.69, 9.17) is 10.5 Å². The van der Waals surface area contributed by atoms with Crippen molar-refractivity contribution in [3.8, 4) is 0 Å². The molecule has 0 bridgehead atoms. The summed E-state index contributed by atoms with van der Waals surface area (Å²) in [6.45, 7) is 6.54. The number of hydrogen-bond acceptors (Lipinski definition) is 5. The molecule has 0 aliphatic carbocycles. The SMILES string of the molecule is CC(C)(C)OC(=O)C(C)(CCN)S(C)(=O)=O. The Morgan fingerprint density at radius 3 is 1.94 bits per heavy atom.